The fraction of sp³-hybridized carbons (Fsp3) is 0.208. The van der Waals surface area contributed by atoms with Crippen molar-refractivity contribution in [2.45, 2.75) is 12.5 Å². The maximum atomic E-state index is 13.3. The third kappa shape index (κ3) is 4.75. The summed E-state index contributed by atoms with van der Waals surface area (Å²) in [5, 5.41) is 5.22. The predicted molar refractivity (Wildman–Crippen MR) is 143 cm³/mol. The van der Waals surface area contributed by atoms with Crippen LogP contribution in [0.3, 0.4) is 0 Å². The first-order chi connectivity index (χ1) is 16.8. The highest BCUT2D eigenvalue weighted by Gasteiger charge is 2.42. The van der Waals surface area contributed by atoms with Crippen LogP contribution in [0.2, 0.25) is 5.02 Å². The molecule has 0 bridgehead atoms. The van der Waals surface area contributed by atoms with E-state index < -0.39 is 15.9 Å². The summed E-state index contributed by atoms with van der Waals surface area (Å²) in [4.78, 5) is 15.1. The molecule has 1 amide bonds. The first-order valence-corrected chi connectivity index (χ1v) is 14.1. The van der Waals surface area contributed by atoms with Crippen molar-refractivity contribution in [3.05, 3.63) is 70.2 Å². The van der Waals surface area contributed by atoms with Gasteiger partial charge in [-0.05, 0) is 42.8 Å². The summed E-state index contributed by atoms with van der Waals surface area (Å²) in [6, 6.07) is 14.6. The van der Waals surface area contributed by atoms with Gasteiger partial charge in [0.25, 0.3) is 5.91 Å². The maximum Gasteiger partial charge on any atom is 0.266 e. The summed E-state index contributed by atoms with van der Waals surface area (Å²) >= 11 is 13.0. The molecule has 2 aliphatic heterocycles. The number of ether oxygens (including phenoxy) is 1. The van der Waals surface area contributed by atoms with E-state index in [1.54, 1.807) is 30.0 Å². The summed E-state index contributed by atoms with van der Waals surface area (Å²) in [6.07, 6.45) is 3.99. The van der Waals surface area contributed by atoms with Crippen molar-refractivity contribution in [3.8, 4) is 22.7 Å². The van der Waals surface area contributed by atoms with Crippen LogP contribution in [0.4, 0.5) is 0 Å². The second-order valence-corrected chi connectivity index (χ2v) is 12.5. The molecule has 180 valence electrons. The number of carbonyl (C=O) groups is 1. The third-order valence-electron chi connectivity index (χ3n) is 5.87. The molecular formula is C24H20ClN3O4S3. The van der Waals surface area contributed by atoms with Crippen molar-refractivity contribution in [1.82, 2.24) is 14.7 Å². The molecule has 1 atom stereocenters. The van der Waals surface area contributed by atoms with E-state index in [0.29, 0.717) is 37.7 Å². The number of thioether (sulfide) groups is 1. The Bertz CT molecular complexity index is 1470. The number of halogens is 1. The van der Waals surface area contributed by atoms with Crippen LogP contribution in [0.15, 0.2) is 59.6 Å². The smallest absolute Gasteiger partial charge is 0.266 e. The van der Waals surface area contributed by atoms with Gasteiger partial charge in [0.2, 0.25) is 0 Å². The molecule has 0 aliphatic carbocycles. The first-order valence-electron chi connectivity index (χ1n) is 10.7. The number of nitrogens with zero attached hydrogens (tertiary/aromatic N) is 3. The van der Waals surface area contributed by atoms with E-state index in [4.69, 9.17) is 33.7 Å². The Morgan fingerprint density at radius 1 is 1.23 bits per heavy atom. The normalized spacial score (nSPS) is 20.7. The number of carbonyl (C=O) groups excluding carboxylic acids is 1. The lowest BCUT2D eigenvalue weighted by Crippen LogP contribution is -2.39. The lowest BCUT2D eigenvalue weighted by molar-refractivity contribution is -0.123. The van der Waals surface area contributed by atoms with Gasteiger partial charge in [-0.3, -0.25) is 9.69 Å². The van der Waals surface area contributed by atoms with E-state index >= 15 is 0 Å². The monoisotopic (exact) mass is 545 g/mol. The van der Waals surface area contributed by atoms with Crippen LogP contribution in [0.25, 0.3) is 23.0 Å². The molecule has 2 fully saturated rings. The number of thiocarbonyl (C=S) groups is 1. The van der Waals surface area contributed by atoms with E-state index in [1.807, 2.05) is 42.6 Å². The number of amides is 1. The Kier molecular flexibility index (Phi) is 6.47. The average Bonchev–Trinajstić information content (AvgIpc) is 3.49. The zero-order valence-corrected chi connectivity index (χ0v) is 21.8. The quantitative estimate of drug-likeness (QED) is 0.342. The lowest BCUT2D eigenvalue weighted by atomic mass is 10.1. The van der Waals surface area contributed by atoms with Crippen molar-refractivity contribution in [2.75, 3.05) is 18.6 Å². The largest absolute Gasteiger partial charge is 0.495 e. The molecule has 0 N–H and O–H groups in total. The predicted octanol–water partition coefficient (Wildman–Crippen LogP) is 4.59. The standard InChI is InChI=1S/C24H20ClN3O4S3/c1-32-20-8-7-15(11-19(20)25)22-16(13-27(26-22)17-5-3-2-4-6-17)12-21-23(29)28(24(33)34-21)18-9-10-35(30,31)14-18/h2-8,11-13,18H,9-10,14H2,1H3/b21-12-/t18-/m0/s1. The molecule has 0 spiro atoms. The number of benzene rings is 2. The number of hydrogen-bond acceptors (Lipinski definition) is 7. The summed E-state index contributed by atoms with van der Waals surface area (Å²) in [5.41, 5.74) is 2.95. The molecule has 7 nitrogen and oxygen atoms in total. The molecule has 0 saturated carbocycles. The van der Waals surface area contributed by atoms with E-state index in [0.717, 1.165) is 11.3 Å². The van der Waals surface area contributed by atoms with E-state index in [-0.39, 0.29) is 17.4 Å². The van der Waals surface area contributed by atoms with E-state index in [9.17, 15) is 13.2 Å². The molecule has 3 heterocycles. The Hall–Kier alpha value is -2.66. The minimum Gasteiger partial charge on any atom is -0.495 e. The van der Waals surface area contributed by atoms with Gasteiger partial charge in [0.05, 0.1) is 40.3 Å². The maximum absolute atomic E-state index is 13.3. The zero-order chi connectivity index (χ0) is 24.7. The summed E-state index contributed by atoms with van der Waals surface area (Å²) in [5.74, 6) is 0.272. The van der Waals surface area contributed by atoms with Crippen LogP contribution < -0.4 is 4.74 Å². The Labute approximate surface area is 217 Å². The lowest BCUT2D eigenvalue weighted by Gasteiger charge is -2.20. The van der Waals surface area contributed by atoms with Gasteiger partial charge in [0.15, 0.2) is 9.84 Å². The van der Waals surface area contributed by atoms with Crippen LogP contribution in [-0.4, -0.2) is 58.0 Å². The molecule has 11 heteroatoms. The molecule has 35 heavy (non-hydrogen) atoms. The highest BCUT2D eigenvalue weighted by molar-refractivity contribution is 8.26. The van der Waals surface area contributed by atoms with E-state index in [1.165, 1.54) is 16.7 Å². The Morgan fingerprint density at radius 3 is 2.66 bits per heavy atom. The fourth-order valence-corrected chi connectivity index (χ4v) is 7.51. The van der Waals surface area contributed by atoms with Crippen molar-refractivity contribution in [1.29, 1.82) is 0 Å². The molecular weight excluding hydrogens is 526 g/mol. The molecule has 2 aromatic carbocycles. The van der Waals surface area contributed by atoms with Gasteiger partial charge >= 0.3 is 0 Å². The number of sulfone groups is 1. The van der Waals surface area contributed by atoms with Crippen LogP contribution in [-0.2, 0) is 14.6 Å². The average molecular weight is 546 g/mol. The summed E-state index contributed by atoms with van der Waals surface area (Å²) < 4.78 is 31.3. The van der Waals surface area contributed by atoms with Gasteiger partial charge in [-0.15, -0.1) is 0 Å². The van der Waals surface area contributed by atoms with Crippen molar-refractivity contribution in [2.24, 2.45) is 0 Å². The molecule has 2 aliphatic rings. The van der Waals surface area contributed by atoms with Gasteiger partial charge in [-0.25, -0.2) is 13.1 Å². The van der Waals surface area contributed by atoms with Gasteiger partial charge in [0, 0.05) is 17.3 Å². The Morgan fingerprint density at radius 2 is 2.00 bits per heavy atom. The molecule has 2 saturated heterocycles. The van der Waals surface area contributed by atoms with Gasteiger partial charge in [-0.2, -0.15) is 5.10 Å². The zero-order valence-electron chi connectivity index (χ0n) is 18.5. The molecule has 3 aromatic rings. The van der Waals surface area contributed by atoms with Crippen LogP contribution in [0.1, 0.15) is 12.0 Å². The number of hydrogen-bond donors (Lipinski definition) is 0. The van der Waals surface area contributed by atoms with Crippen molar-refractivity contribution >= 4 is 61.7 Å². The van der Waals surface area contributed by atoms with E-state index in [2.05, 4.69) is 0 Å². The minimum atomic E-state index is -3.15. The minimum absolute atomic E-state index is 0.0613. The van der Waals surface area contributed by atoms with Gasteiger partial charge in [-0.1, -0.05) is 53.8 Å². The number of rotatable bonds is 5. The first kappa shape index (κ1) is 24.1. The second-order valence-electron chi connectivity index (χ2n) is 8.17. The van der Waals surface area contributed by atoms with Crippen molar-refractivity contribution in [3.63, 3.8) is 0 Å². The SMILES string of the molecule is COc1ccc(-c2nn(-c3ccccc3)cc2/C=C2\SC(=S)N([C@H]3CCS(=O)(=O)C3)C2=O)cc1Cl. The van der Waals surface area contributed by atoms with Crippen molar-refractivity contribution < 1.29 is 17.9 Å². The van der Waals surface area contributed by atoms with Crippen LogP contribution in [0.5, 0.6) is 5.75 Å². The highest BCUT2D eigenvalue weighted by Crippen LogP contribution is 2.38. The molecule has 0 unspecified atom stereocenters. The van der Waals surface area contributed by atoms with Crippen LogP contribution >= 0.6 is 35.6 Å². The summed E-state index contributed by atoms with van der Waals surface area (Å²) in [7, 11) is -1.60. The topological polar surface area (TPSA) is 81.5 Å². The highest BCUT2D eigenvalue weighted by atomic mass is 35.5. The molecule has 1 aromatic heterocycles. The number of aromatic nitrogens is 2. The van der Waals surface area contributed by atoms with Crippen LogP contribution in [0, 0.1) is 0 Å². The fourth-order valence-electron chi connectivity index (χ4n) is 4.16. The summed E-state index contributed by atoms with van der Waals surface area (Å²) in [6.45, 7) is 0. The van der Waals surface area contributed by atoms with Gasteiger partial charge < -0.3 is 4.74 Å². The molecule has 0 radical (unpaired) electrons. The number of para-hydroxylation sites is 1. The second kappa shape index (κ2) is 9.42. The molecule has 5 rings (SSSR count). The third-order valence-corrected chi connectivity index (χ3v) is 9.25. The number of methoxy groups -OCH3 is 1. The Balaban J connectivity index is 1.56. The van der Waals surface area contributed by atoms with Gasteiger partial charge in [0.1, 0.15) is 15.8 Å².